The highest BCUT2D eigenvalue weighted by Crippen LogP contribution is 2.08. The van der Waals surface area contributed by atoms with Crippen LogP contribution >= 0.6 is 0 Å². The highest BCUT2D eigenvalue weighted by atomic mass is 16.8. The molecule has 0 aliphatic heterocycles. The Bertz CT molecular complexity index is 249. The summed E-state index contributed by atoms with van der Waals surface area (Å²) in [5.41, 5.74) is 0. The van der Waals surface area contributed by atoms with Gasteiger partial charge in [0.15, 0.2) is 7.11 Å². The monoisotopic (exact) mass is 234 g/mol. The van der Waals surface area contributed by atoms with Crippen LogP contribution in [-0.4, -0.2) is 42.2 Å². The molecule has 0 aromatic heterocycles. The van der Waals surface area contributed by atoms with Crippen LogP contribution in [0.2, 0.25) is 0 Å². The van der Waals surface area contributed by atoms with Crippen LogP contribution in [0.15, 0.2) is 0 Å². The lowest BCUT2D eigenvalue weighted by atomic mass is 10.1. The number of unbranched alkanes of at least 4 members (excludes halogenated alkanes) is 1. The van der Waals surface area contributed by atoms with Gasteiger partial charge in [-0.3, -0.25) is 4.79 Å². The van der Waals surface area contributed by atoms with Gasteiger partial charge in [0.1, 0.15) is 0 Å². The summed E-state index contributed by atoms with van der Waals surface area (Å²) in [7, 11) is 2.33. The first-order valence-electron chi connectivity index (χ1n) is 4.83. The maximum atomic E-state index is 11.2. The van der Waals surface area contributed by atoms with Crippen LogP contribution in [-0.2, 0) is 19.2 Å². The van der Waals surface area contributed by atoms with Crippen molar-refractivity contribution in [3.05, 3.63) is 4.91 Å². The Morgan fingerprint density at radius 3 is 2.38 bits per heavy atom. The number of hydrogen-bond acceptors (Lipinski definition) is 5. The lowest BCUT2D eigenvalue weighted by Gasteiger charge is -2.04. The maximum absolute atomic E-state index is 11.2. The van der Waals surface area contributed by atoms with Crippen LogP contribution in [0.5, 0.6) is 0 Å². The molecular formula is C9H16NO6+. The summed E-state index contributed by atoms with van der Waals surface area (Å²) < 4.78 is 4.44. The molecule has 92 valence electrons. The van der Waals surface area contributed by atoms with E-state index in [9.17, 15) is 14.5 Å². The van der Waals surface area contributed by atoms with Crippen molar-refractivity contribution in [2.24, 2.45) is 0 Å². The molecule has 0 aromatic rings. The predicted octanol–water partition coefficient (Wildman–Crippen LogP) is 0.513. The van der Waals surface area contributed by atoms with Gasteiger partial charge in [-0.2, -0.15) is 0 Å². The molecule has 0 amide bonds. The van der Waals surface area contributed by atoms with E-state index in [4.69, 9.17) is 5.11 Å². The topological polar surface area (TPSA) is 92.9 Å². The summed E-state index contributed by atoms with van der Waals surface area (Å²) in [6.45, 7) is 0. The molecule has 0 aliphatic rings. The molecule has 1 unspecified atom stereocenters. The molecule has 0 saturated carbocycles. The maximum Gasteiger partial charge on any atom is 0.385 e. The predicted molar refractivity (Wildman–Crippen MR) is 52.5 cm³/mol. The van der Waals surface area contributed by atoms with E-state index in [-0.39, 0.29) is 17.8 Å². The molecule has 0 fully saturated rings. The van der Waals surface area contributed by atoms with Gasteiger partial charge in [-0.25, -0.2) is 9.63 Å². The van der Waals surface area contributed by atoms with E-state index in [1.54, 1.807) is 0 Å². The lowest BCUT2D eigenvalue weighted by molar-refractivity contribution is -0.812. The van der Waals surface area contributed by atoms with Crippen LogP contribution in [0, 0.1) is 4.91 Å². The van der Waals surface area contributed by atoms with Crippen LogP contribution in [0.1, 0.15) is 25.7 Å². The van der Waals surface area contributed by atoms with Crippen molar-refractivity contribution < 1.29 is 29.2 Å². The summed E-state index contributed by atoms with van der Waals surface area (Å²) >= 11 is 0. The lowest BCUT2D eigenvalue weighted by Crippen LogP contribution is -2.33. The number of aliphatic carboxylic acids is 1. The zero-order valence-electron chi connectivity index (χ0n) is 9.34. The Morgan fingerprint density at radius 1 is 1.31 bits per heavy atom. The number of carbonyl (C=O) groups is 2. The molecule has 0 aliphatic carbocycles. The normalized spacial score (nSPS) is 11.6. The van der Waals surface area contributed by atoms with Crippen LogP contribution in [0.25, 0.3) is 0 Å². The van der Waals surface area contributed by atoms with Crippen LogP contribution in [0.4, 0.5) is 0 Å². The van der Waals surface area contributed by atoms with Crippen molar-refractivity contribution in [3.8, 4) is 0 Å². The number of methoxy groups -OCH3 is 1. The van der Waals surface area contributed by atoms with Crippen molar-refractivity contribution in [2.45, 2.75) is 31.7 Å². The fourth-order valence-electron chi connectivity index (χ4n) is 1.19. The fraction of sp³-hybridized carbons (Fsp3) is 0.778. The third kappa shape index (κ3) is 5.28. The minimum atomic E-state index is -1.04. The molecule has 0 heterocycles. The van der Waals surface area contributed by atoms with Crippen LogP contribution in [0.3, 0.4) is 0 Å². The molecule has 0 spiro atoms. The van der Waals surface area contributed by atoms with Gasteiger partial charge in [-0.15, -0.1) is 0 Å². The van der Waals surface area contributed by atoms with Gasteiger partial charge >= 0.3 is 18.0 Å². The summed E-state index contributed by atoms with van der Waals surface area (Å²) in [6, 6.07) is -1.04. The molecular weight excluding hydrogens is 218 g/mol. The van der Waals surface area contributed by atoms with E-state index in [1.165, 1.54) is 7.11 Å². The molecule has 0 bridgehead atoms. The van der Waals surface area contributed by atoms with Gasteiger partial charge in [-0.05, 0) is 12.8 Å². The SMILES string of the molecule is COC(=O)C(CCCCC(=O)O)[N+](=O)OC. The quantitative estimate of drug-likeness (QED) is 0.373. The van der Waals surface area contributed by atoms with Gasteiger partial charge < -0.3 is 9.84 Å². The number of esters is 1. The standard InChI is InChI=1S/C9H15NO6/c1-15-9(13)7(10(14)16-2)5-3-4-6-8(11)12/h7H,3-6H2,1-2H3/p+1. The average molecular weight is 234 g/mol. The third-order valence-corrected chi connectivity index (χ3v) is 2.03. The second-order valence-corrected chi connectivity index (χ2v) is 3.15. The molecule has 7 nitrogen and oxygen atoms in total. The van der Waals surface area contributed by atoms with Crippen molar-refractivity contribution in [2.75, 3.05) is 14.2 Å². The molecule has 0 saturated heterocycles. The minimum absolute atomic E-state index is 0.0136. The molecule has 1 atom stereocenters. The zero-order chi connectivity index (χ0) is 12.6. The second-order valence-electron chi connectivity index (χ2n) is 3.15. The Kier molecular flexibility index (Phi) is 6.82. The Balaban J connectivity index is 4.07. The van der Waals surface area contributed by atoms with E-state index < -0.39 is 18.0 Å². The second kappa shape index (κ2) is 7.61. The number of hydrogen-bond donors (Lipinski definition) is 1. The number of rotatable bonds is 8. The molecule has 1 N–H and O–H groups in total. The van der Waals surface area contributed by atoms with E-state index in [2.05, 4.69) is 9.57 Å². The Hall–Kier alpha value is -1.66. The minimum Gasteiger partial charge on any atom is -0.481 e. The van der Waals surface area contributed by atoms with E-state index in [0.29, 0.717) is 12.8 Å². The first-order chi connectivity index (χ1) is 7.52. The van der Waals surface area contributed by atoms with Gasteiger partial charge in [0, 0.05) is 12.8 Å². The summed E-state index contributed by atoms with van der Waals surface area (Å²) in [5, 5.41) is 8.40. The van der Waals surface area contributed by atoms with Crippen molar-refractivity contribution in [1.82, 2.24) is 0 Å². The molecule has 16 heavy (non-hydrogen) atoms. The highest BCUT2D eigenvalue weighted by molar-refractivity contribution is 5.74. The van der Waals surface area contributed by atoms with Crippen molar-refractivity contribution in [1.29, 1.82) is 0 Å². The fourth-order valence-corrected chi connectivity index (χ4v) is 1.19. The average Bonchev–Trinajstić information content (AvgIpc) is 2.27. The van der Waals surface area contributed by atoms with Gasteiger partial charge in [0.2, 0.25) is 4.92 Å². The number of ether oxygens (including phenoxy) is 1. The number of carboxylic acid groups (broad SMARTS) is 1. The van der Waals surface area contributed by atoms with Crippen LogP contribution < -0.4 is 0 Å². The Labute approximate surface area is 92.9 Å². The first kappa shape index (κ1) is 14.3. The van der Waals surface area contributed by atoms with Gasteiger partial charge in [-0.1, -0.05) is 0 Å². The highest BCUT2D eigenvalue weighted by Gasteiger charge is 2.36. The van der Waals surface area contributed by atoms with E-state index >= 15 is 0 Å². The Morgan fingerprint density at radius 2 is 1.94 bits per heavy atom. The zero-order valence-corrected chi connectivity index (χ0v) is 9.34. The summed E-state index contributed by atoms with van der Waals surface area (Å²) in [5.74, 6) is -1.59. The smallest absolute Gasteiger partial charge is 0.385 e. The number of carbonyl (C=O) groups excluding carboxylic acids is 1. The van der Waals surface area contributed by atoms with Crippen molar-refractivity contribution in [3.63, 3.8) is 0 Å². The van der Waals surface area contributed by atoms with Crippen molar-refractivity contribution >= 4 is 11.9 Å². The number of nitrogens with zero attached hydrogens (tertiary/aromatic N) is 1. The largest absolute Gasteiger partial charge is 0.481 e. The molecule has 0 radical (unpaired) electrons. The molecule has 0 aromatic carbocycles. The number of carboxylic acids is 1. The first-order valence-corrected chi connectivity index (χ1v) is 4.83. The van der Waals surface area contributed by atoms with E-state index in [1.807, 2.05) is 0 Å². The van der Waals surface area contributed by atoms with Gasteiger partial charge in [0.25, 0.3) is 0 Å². The van der Waals surface area contributed by atoms with Gasteiger partial charge in [0.05, 0.1) is 12.0 Å². The van der Waals surface area contributed by atoms with E-state index in [0.717, 1.165) is 7.11 Å². The molecule has 0 rings (SSSR count). The summed E-state index contributed by atoms with van der Waals surface area (Å²) in [4.78, 5) is 37.1. The summed E-state index contributed by atoms with van der Waals surface area (Å²) in [6.07, 6.45) is 1.06. The molecule has 7 heteroatoms. The third-order valence-electron chi connectivity index (χ3n) is 2.03.